The molecular weight excluding hydrogens is 180 g/mol. The predicted molar refractivity (Wildman–Crippen MR) is 64.6 cm³/mol. The molecule has 3 rings (SSSR count). The molecule has 0 heterocycles. The maximum absolute atomic E-state index is 2.56. The topological polar surface area (TPSA) is 0 Å². The summed E-state index contributed by atoms with van der Waals surface area (Å²) in [6.45, 7) is 10.2. The van der Waals surface area contributed by atoms with E-state index in [4.69, 9.17) is 0 Å². The van der Waals surface area contributed by atoms with E-state index in [1.165, 1.54) is 19.3 Å². The number of rotatable bonds is 0. The summed E-state index contributed by atoms with van der Waals surface area (Å²) in [5.74, 6) is 4.06. The Morgan fingerprint density at radius 1 is 1.00 bits per heavy atom. The van der Waals surface area contributed by atoms with Gasteiger partial charge in [0.05, 0.1) is 0 Å². The second kappa shape index (κ2) is 2.81. The van der Waals surface area contributed by atoms with Crippen LogP contribution in [0.5, 0.6) is 0 Å². The van der Waals surface area contributed by atoms with Gasteiger partial charge in [-0.1, -0.05) is 27.7 Å². The van der Waals surface area contributed by atoms with Crippen LogP contribution < -0.4 is 0 Å². The van der Waals surface area contributed by atoms with Gasteiger partial charge in [0.25, 0.3) is 0 Å². The summed E-state index contributed by atoms with van der Waals surface area (Å²) in [5, 5.41) is 0. The first-order chi connectivity index (χ1) is 6.98. The minimum absolute atomic E-state index is 0.615. The molecule has 3 saturated carbocycles. The summed E-state index contributed by atoms with van der Waals surface area (Å²) < 4.78 is 0. The maximum Gasteiger partial charge on any atom is -0.0235 e. The number of hydrogen-bond acceptors (Lipinski definition) is 0. The third kappa shape index (κ3) is 1.04. The lowest BCUT2D eigenvalue weighted by molar-refractivity contribution is -0.0410. The van der Waals surface area contributed by atoms with E-state index >= 15 is 0 Å². The van der Waals surface area contributed by atoms with Gasteiger partial charge in [0.1, 0.15) is 0 Å². The molecule has 0 aliphatic heterocycles. The van der Waals surface area contributed by atoms with Gasteiger partial charge in [-0.25, -0.2) is 0 Å². The molecule has 0 heteroatoms. The predicted octanol–water partition coefficient (Wildman–Crippen LogP) is 4.49. The molecule has 0 nitrogen and oxygen atoms in total. The average molecular weight is 206 g/mol. The van der Waals surface area contributed by atoms with Gasteiger partial charge in [0.15, 0.2) is 0 Å². The quantitative estimate of drug-likeness (QED) is 0.547. The van der Waals surface area contributed by atoms with Gasteiger partial charge in [-0.05, 0) is 66.6 Å². The van der Waals surface area contributed by atoms with Crippen molar-refractivity contribution in [3.05, 3.63) is 0 Å². The summed E-state index contributed by atoms with van der Waals surface area (Å²) in [5.41, 5.74) is 1.39. The van der Waals surface area contributed by atoms with E-state index in [1.54, 1.807) is 12.8 Å². The molecule has 0 radical (unpaired) electrons. The first kappa shape index (κ1) is 10.2. The lowest BCUT2D eigenvalue weighted by atomic mass is 9.52. The SMILES string of the molecule is CC1[C@@H]2CC[C@@]3(C2)[C@H](CC[C@@H]3C)C1(C)C. The summed E-state index contributed by atoms with van der Waals surface area (Å²) in [6, 6.07) is 0. The summed E-state index contributed by atoms with van der Waals surface area (Å²) in [7, 11) is 0. The van der Waals surface area contributed by atoms with Crippen LogP contribution in [-0.4, -0.2) is 0 Å². The van der Waals surface area contributed by atoms with E-state index in [0.717, 1.165) is 29.1 Å². The molecule has 1 spiro atoms. The van der Waals surface area contributed by atoms with Crippen molar-refractivity contribution in [2.75, 3.05) is 0 Å². The van der Waals surface area contributed by atoms with Crippen molar-refractivity contribution in [2.24, 2.45) is 34.5 Å². The Morgan fingerprint density at radius 2 is 1.73 bits per heavy atom. The molecule has 3 aliphatic rings. The van der Waals surface area contributed by atoms with E-state index in [0.29, 0.717) is 5.41 Å². The van der Waals surface area contributed by atoms with Crippen LogP contribution in [0.4, 0.5) is 0 Å². The number of hydrogen-bond donors (Lipinski definition) is 0. The van der Waals surface area contributed by atoms with E-state index in [9.17, 15) is 0 Å². The van der Waals surface area contributed by atoms with Gasteiger partial charge < -0.3 is 0 Å². The molecule has 15 heavy (non-hydrogen) atoms. The molecule has 3 aliphatic carbocycles. The fourth-order valence-corrected chi connectivity index (χ4v) is 5.71. The molecule has 0 aromatic rings. The third-order valence-electron chi connectivity index (χ3n) is 6.97. The summed E-state index contributed by atoms with van der Waals surface area (Å²) in [4.78, 5) is 0. The van der Waals surface area contributed by atoms with Gasteiger partial charge in [0.2, 0.25) is 0 Å². The van der Waals surface area contributed by atoms with Crippen molar-refractivity contribution < 1.29 is 0 Å². The zero-order valence-electron chi connectivity index (χ0n) is 10.8. The van der Waals surface area contributed by atoms with Crippen LogP contribution in [0.15, 0.2) is 0 Å². The van der Waals surface area contributed by atoms with Crippen LogP contribution in [0.1, 0.15) is 59.8 Å². The second-order valence-electron chi connectivity index (χ2n) is 7.38. The lowest BCUT2D eigenvalue weighted by Crippen LogP contribution is -2.46. The highest BCUT2D eigenvalue weighted by Gasteiger charge is 2.62. The highest BCUT2D eigenvalue weighted by molar-refractivity contribution is 5.11. The summed E-state index contributed by atoms with van der Waals surface area (Å²) >= 11 is 0. The first-order valence-corrected chi connectivity index (χ1v) is 6.98. The molecule has 0 aromatic heterocycles. The monoisotopic (exact) mass is 206 g/mol. The summed E-state index contributed by atoms with van der Waals surface area (Å²) in [6.07, 6.45) is 7.69. The van der Waals surface area contributed by atoms with Crippen molar-refractivity contribution in [2.45, 2.75) is 59.8 Å². The Kier molecular flexibility index (Phi) is 1.91. The molecule has 1 unspecified atom stereocenters. The van der Waals surface area contributed by atoms with Crippen LogP contribution in [0.25, 0.3) is 0 Å². The van der Waals surface area contributed by atoms with Crippen molar-refractivity contribution >= 4 is 0 Å². The van der Waals surface area contributed by atoms with Crippen molar-refractivity contribution in [1.29, 1.82) is 0 Å². The molecule has 0 N–H and O–H groups in total. The fraction of sp³-hybridized carbons (Fsp3) is 1.00. The zero-order chi connectivity index (χ0) is 10.8. The standard InChI is InChI=1S/C15H26/c1-10-5-6-13-14(3,4)11(2)12-7-8-15(10,13)9-12/h10-13H,5-9H2,1-4H3/t10-,11?,12+,13+,15-/m0/s1. The second-order valence-corrected chi connectivity index (χ2v) is 7.38. The molecule has 0 aromatic carbocycles. The zero-order valence-corrected chi connectivity index (χ0v) is 10.8. The molecular formula is C15H26. The smallest absolute Gasteiger partial charge is 0.0235 e. The maximum atomic E-state index is 2.56. The first-order valence-electron chi connectivity index (χ1n) is 6.98. The average Bonchev–Trinajstić information content (AvgIpc) is 2.71. The Balaban J connectivity index is 2.05. The minimum atomic E-state index is 0.615. The minimum Gasteiger partial charge on any atom is -0.0620 e. The molecule has 86 valence electrons. The van der Waals surface area contributed by atoms with Gasteiger partial charge in [-0.15, -0.1) is 0 Å². The Labute approximate surface area is 94.8 Å². The van der Waals surface area contributed by atoms with Crippen LogP contribution in [0.3, 0.4) is 0 Å². The third-order valence-corrected chi connectivity index (χ3v) is 6.97. The fourth-order valence-electron chi connectivity index (χ4n) is 5.71. The Bertz CT molecular complexity index is 278. The van der Waals surface area contributed by atoms with Crippen LogP contribution >= 0.6 is 0 Å². The highest BCUT2D eigenvalue weighted by Crippen LogP contribution is 2.70. The van der Waals surface area contributed by atoms with Crippen LogP contribution in [-0.2, 0) is 0 Å². The van der Waals surface area contributed by atoms with E-state index in [1.807, 2.05) is 0 Å². The molecule has 2 bridgehead atoms. The highest BCUT2D eigenvalue weighted by atomic mass is 14.7. The molecule has 0 saturated heterocycles. The van der Waals surface area contributed by atoms with Gasteiger partial charge >= 0.3 is 0 Å². The molecule has 5 atom stereocenters. The van der Waals surface area contributed by atoms with Crippen molar-refractivity contribution in [3.63, 3.8) is 0 Å². The van der Waals surface area contributed by atoms with Gasteiger partial charge in [-0.3, -0.25) is 0 Å². The Morgan fingerprint density at radius 3 is 2.47 bits per heavy atom. The number of fused-ring (bicyclic) bond motifs is 1. The van der Waals surface area contributed by atoms with Gasteiger partial charge in [-0.2, -0.15) is 0 Å². The normalized spacial score (nSPS) is 56.8. The van der Waals surface area contributed by atoms with E-state index in [-0.39, 0.29) is 0 Å². The van der Waals surface area contributed by atoms with E-state index < -0.39 is 0 Å². The molecule has 0 amide bonds. The van der Waals surface area contributed by atoms with Gasteiger partial charge in [0, 0.05) is 0 Å². The Hall–Kier alpha value is 0. The van der Waals surface area contributed by atoms with Crippen LogP contribution in [0.2, 0.25) is 0 Å². The molecule has 3 fully saturated rings. The van der Waals surface area contributed by atoms with Crippen molar-refractivity contribution in [3.8, 4) is 0 Å². The van der Waals surface area contributed by atoms with Crippen LogP contribution in [0, 0.1) is 34.5 Å². The lowest BCUT2D eigenvalue weighted by Gasteiger charge is -2.52. The largest absolute Gasteiger partial charge is 0.0620 e. The van der Waals surface area contributed by atoms with E-state index in [2.05, 4.69) is 27.7 Å². The van der Waals surface area contributed by atoms with Crippen molar-refractivity contribution in [1.82, 2.24) is 0 Å².